The third-order valence-electron chi connectivity index (χ3n) is 4.65. The molecule has 2 aromatic carbocycles. The molecule has 3 rings (SSSR count). The predicted molar refractivity (Wildman–Crippen MR) is 106 cm³/mol. The maximum absolute atomic E-state index is 12.3. The van der Waals surface area contributed by atoms with E-state index in [4.69, 9.17) is 0 Å². The second kappa shape index (κ2) is 8.04. The van der Waals surface area contributed by atoms with Crippen LogP contribution < -0.4 is 5.32 Å². The third kappa shape index (κ3) is 4.25. The Morgan fingerprint density at radius 1 is 1.04 bits per heavy atom. The molecule has 1 N–H and O–H groups in total. The summed E-state index contributed by atoms with van der Waals surface area (Å²) >= 11 is 0. The van der Waals surface area contributed by atoms with Crippen LogP contribution in [0, 0.1) is 30.9 Å². The second-order valence-corrected chi connectivity index (χ2v) is 6.80. The van der Waals surface area contributed by atoms with Crippen molar-refractivity contribution in [1.82, 2.24) is 15.1 Å². The number of nitrogens with one attached hydrogen (secondary N) is 1. The number of hydrogen-bond acceptors (Lipinski definition) is 4. The monoisotopic (exact) mass is 378 g/mol. The average molecular weight is 378 g/mol. The first-order chi connectivity index (χ1) is 13.3. The van der Waals surface area contributed by atoms with Crippen LogP contribution in [0.15, 0.2) is 48.5 Å². The van der Waals surface area contributed by atoms with Crippen LogP contribution in [-0.2, 0) is 13.1 Å². The highest BCUT2D eigenvalue weighted by Crippen LogP contribution is 2.22. The van der Waals surface area contributed by atoms with Gasteiger partial charge in [-0.25, -0.2) is 0 Å². The average Bonchev–Trinajstić information content (AvgIpc) is 2.95. The van der Waals surface area contributed by atoms with Gasteiger partial charge >= 0.3 is 5.69 Å². The van der Waals surface area contributed by atoms with Crippen LogP contribution in [-0.4, -0.2) is 20.6 Å². The minimum absolute atomic E-state index is 0.0482. The summed E-state index contributed by atoms with van der Waals surface area (Å²) in [5.74, 6) is -0.145. The first kappa shape index (κ1) is 19.3. The Morgan fingerprint density at radius 2 is 1.64 bits per heavy atom. The molecule has 0 radical (unpaired) electrons. The van der Waals surface area contributed by atoms with Gasteiger partial charge in [0, 0.05) is 12.1 Å². The van der Waals surface area contributed by atoms with E-state index < -0.39 is 4.92 Å². The zero-order valence-corrected chi connectivity index (χ0v) is 16.1. The van der Waals surface area contributed by atoms with Crippen molar-refractivity contribution in [2.24, 2.45) is 0 Å². The zero-order chi connectivity index (χ0) is 20.3. The van der Waals surface area contributed by atoms with Gasteiger partial charge in [-0.05, 0) is 44.0 Å². The largest absolute Gasteiger partial charge is 0.348 e. The van der Waals surface area contributed by atoms with Gasteiger partial charge in [-0.15, -0.1) is 0 Å². The standard InChI is InChI=1S/C21H22N4O3/c1-14-4-6-17(7-5-14)12-22-21(26)19-10-8-18(9-11-19)13-24-16(3)20(25(27)28)15(2)23-24/h4-11H,12-13H2,1-3H3,(H,22,26). The van der Waals surface area contributed by atoms with Crippen molar-refractivity contribution in [3.8, 4) is 0 Å². The van der Waals surface area contributed by atoms with Crippen LogP contribution in [0.3, 0.4) is 0 Å². The Morgan fingerprint density at radius 3 is 2.21 bits per heavy atom. The fraction of sp³-hybridized carbons (Fsp3) is 0.238. The lowest BCUT2D eigenvalue weighted by Gasteiger charge is -2.08. The first-order valence-electron chi connectivity index (χ1n) is 8.96. The summed E-state index contributed by atoms with van der Waals surface area (Å²) in [5.41, 5.74) is 4.66. The van der Waals surface area contributed by atoms with Gasteiger partial charge in [-0.1, -0.05) is 42.0 Å². The summed E-state index contributed by atoms with van der Waals surface area (Å²) in [4.78, 5) is 23.0. The van der Waals surface area contributed by atoms with Gasteiger partial charge in [0.2, 0.25) is 0 Å². The topological polar surface area (TPSA) is 90.1 Å². The van der Waals surface area contributed by atoms with Crippen molar-refractivity contribution in [3.63, 3.8) is 0 Å². The molecule has 7 nitrogen and oxygen atoms in total. The number of carbonyl (C=O) groups excluding carboxylic acids is 1. The maximum atomic E-state index is 12.3. The molecule has 3 aromatic rings. The molecule has 0 bridgehead atoms. The van der Waals surface area contributed by atoms with E-state index in [-0.39, 0.29) is 11.6 Å². The lowest BCUT2D eigenvalue weighted by Crippen LogP contribution is -2.22. The Labute approximate surface area is 163 Å². The number of carbonyl (C=O) groups is 1. The van der Waals surface area contributed by atoms with E-state index in [0.717, 1.165) is 11.1 Å². The van der Waals surface area contributed by atoms with Gasteiger partial charge in [0.25, 0.3) is 5.91 Å². The quantitative estimate of drug-likeness (QED) is 0.523. The van der Waals surface area contributed by atoms with E-state index in [2.05, 4.69) is 10.4 Å². The number of nitrogens with zero attached hydrogens (tertiary/aromatic N) is 3. The normalized spacial score (nSPS) is 10.7. The molecule has 0 spiro atoms. The number of rotatable bonds is 6. The van der Waals surface area contributed by atoms with Crippen molar-refractivity contribution in [2.45, 2.75) is 33.9 Å². The molecule has 0 aliphatic rings. The summed E-state index contributed by atoms with van der Waals surface area (Å²) in [6.07, 6.45) is 0. The molecule has 0 saturated carbocycles. The van der Waals surface area contributed by atoms with E-state index in [9.17, 15) is 14.9 Å². The zero-order valence-electron chi connectivity index (χ0n) is 16.1. The van der Waals surface area contributed by atoms with Crippen LogP contribution in [0.2, 0.25) is 0 Å². The Hall–Kier alpha value is -3.48. The predicted octanol–water partition coefficient (Wildman–Crippen LogP) is 3.69. The highest BCUT2D eigenvalue weighted by atomic mass is 16.6. The molecule has 0 atom stereocenters. The van der Waals surface area contributed by atoms with E-state index in [1.807, 2.05) is 43.3 Å². The molecule has 28 heavy (non-hydrogen) atoms. The molecule has 0 aliphatic heterocycles. The molecule has 0 unspecified atom stereocenters. The molecule has 144 valence electrons. The molecule has 1 heterocycles. The van der Waals surface area contributed by atoms with E-state index in [1.54, 1.807) is 30.7 Å². The van der Waals surface area contributed by atoms with Gasteiger partial charge in [0.15, 0.2) is 0 Å². The van der Waals surface area contributed by atoms with E-state index >= 15 is 0 Å². The van der Waals surface area contributed by atoms with E-state index in [0.29, 0.717) is 30.0 Å². The number of hydrogen-bond donors (Lipinski definition) is 1. The van der Waals surface area contributed by atoms with Gasteiger partial charge in [0.05, 0.1) is 11.5 Å². The smallest absolute Gasteiger partial charge is 0.312 e. The van der Waals surface area contributed by atoms with E-state index in [1.165, 1.54) is 5.56 Å². The maximum Gasteiger partial charge on any atom is 0.312 e. The Bertz CT molecular complexity index is 1010. The summed E-state index contributed by atoms with van der Waals surface area (Å²) in [6.45, 7) is 6.21. The summed E-state index contributed by atoms with van der Waals surface area (Å²) in [7, 11) is 0. The molecule has 7 heteroatoms. The number of benzene rings is 2. The summed E-state index contributed by atoms with van der Waals surface area (Å²) in [6, 6.07) is 15.2. The van der Waals surface area contributed by atoms with Crippen molar-refractivity contribution in [2.75, 3.05) is 0 Å². The van der Waals surface area contributed by atoms with Gasteiger partial charge in [0.1, 0.15) is 11.4 Å². The molecular formula is C21H22N4O3. The van der Waals surface area contributed by atoms with Gasteiger partial charge in [-0.3, -0.25) is 19.6 Å². The number of amides is 1. The van der Waals surface area contributed by atoms with Gasteiger partial charge < -0.3 is 5.32 Å². The van der Waals surface area contributed by atoms with Gasteiger partial charge in [-0.2, -0.15) is 5.10 Å². The highest BCUT2D eigenvalue weighted by molar-refractivity contribution is 5.94. The Kier molecular flexibility index (Phi) is 5.54. The number of aromatic nitrogens is 2. The molecule has 1 aromatic heterocycles. The molecular weight excluding hydrogens is 356 g/mol. The molecule has 1 amide bonds. The fourth-order valence-corrected chi connectivity index (χ4v) is 3.03. The van der Waals surface area contributed by atoms with Crippen LogP contribution in [0.4, 0.5) is 5.69 Å². The third-order valence-corrected chi connectivity index (χ3v) is 4.65. The summed E-state index contributed by atoms with van der Waals surface area (Å²) < 4.78 is 1.61. The van der Waals surface area contributed by atoms with Crippen molar-refractivity contribution >= 4 is 11.6 Å². The van der Waals surface area contributed by atoms with Crippen LogP contribution >= 0.6 is 0 Å². The van der Waals surface area contributed by atoms with Crippen LogP contribution in [0.5, 0.6) is 0 Å². The lowest BCUT2D eigenvalue weighted by atomic mass is 10.1. The minimum atomic E-state index is -0.407. The van der Waals surface area contributed by atoms with Crippen molar-refractivity contribution in [3.05, 3.63) is 92.3 Å². The minimum Gasteiger partial charge on any atom is -0.348 e. The Balaban J connectivity index is 1.65. The van der Waals surface area contributed by atoms with Crippen LogP contribution in [0.1, 0.15) is 38.4 Å². The lowest BCUT2D eigenvalue weighted by molar-refractivity contribution is -0.386. The first-order valence-corrected chi connectivity index (χ1v) is 8.96. The highest BCUT2D eigenvalue weighted by Gasteiger charge is 2.21. The van der Waals surface area contributed by atoms with Crippen molar-refractivity contribution < 1.29 is 9.72 Å². The number of aryl methyl sites for hydroxylation is 2. The number of nitro groups is 1. The van der Waals surface area contributed by atoms with Crippen LogP contribution in [0.25, 0.3) is 0 Å². The van der Waals surface area contributed by atoms with Crippen molar-refractivity contribution in [1.29, 1.82) is 0 Å². The second-order valence-electron chi connectivity index (χ2n) is 6.80. The molecule has 0 saturated heterocycles. The molecule has 0 fully saturated rings. The SMILES string of the molecule is Cc1ccc(CNC(=O)c2ccc(Cn3nc(C)c([N+](=O)[O-])c3C)cc2)cc1. The fourth-order valence-electron chi connectivity index (χ4n) is 3.03. The molecule has 0 aliphatic carbocycles. The summed E-state index contributed by atoms with van der Waals surface area (Å²) in [5, 5.41) is 18.3.